The zero-order valence-corrected chi connectivity index (χ0v) is 11.6. The molecule has 0 bridgehead atoms. The number of aliphatic hydroxyl groups excluding tert-OH is 1. The molecule has 1 heterocycles. The molecule has 1 aliphatic rings. The minimum absolute atomic E-state index is 0.192. The number of benzene rings is 1. The van der Waals surface area contributed by atoms with Gasteiger partial charge >= 0.3 is 0 Å². The summed E-state index contributed by atoms with van der Waals surface area (Å²) < 4.78 is 16.1. The summed E-state index contributed by atoms with van der Waals surface area (Å²) in [7, 11) is 3.24. The summed E-state index contributed by atoms with van der Waals surface area (Å²) in [5.74, 6) is 1.49. The first-order valence-corrected chi connectivity index (χ1v) is 6.28. The van der Waals surface area contributed by atoms with Crippen LogP contribution in [0.1, 0.15) is 11.1 Å². The highest BCUT2D eigenvalue weighted by Crippen LogP contribution is 2.44. The summed E-state index contributed by atoms with van der Waals surface area (Å²) in [6.45, 7) is 3.03. The first-order valence-electron chi connectivity index (χ1n) is 6.28. The van der Waals surface area contributed by atoms with Gasteiger partial charge in [0.2, 0.25) is 0 Å². The highest BCUT2D eigenvalue weighted by atomic mass is 16.5. The average Bonchev–Trinajstić information content (AvgIpc) is 2.37. The number of hydrogen-bond donors (Lipinski definition) is 2. The molecular weight excluding hydrogens is 246 g/mol. The van der Waals surface area contributed by atoms with E-state index >= 15 is 0 Å². The molecule has 0 aliphatic carbocycles. The lowest BCUT2D eigenvalue weighted by Gasteiger charge is -2.45. The van der Waals surface area contributed by atoms with Crippen molar-refractivity contribution in [3.05, 3.63) is 23.3 Å². The molecule has 0 amide bonds. The van der Waals surface area contributed by atoms with Gasteiger partial charge in [0.05, 0.1) is 39.0 Å². The van der Waals surface area contributed by atoms with E-state index in [0.29, 0.717) is 13.2 Å². The maximum absolute atomic E-state index is 10.2. The predicted molar refractivity (Wildman–Crippen MR) is 71.8 cm³/mol. The van der Waals surface area contributed by atoms with E-state index in [1.54, 1.807) is 14.2 Å². The van der Waals surface area contributed by atoms with Gasteiger partial charge in [-0.2, -0.15) is 0 Å². The second-order valence-electron chi connectivity index (χ2n) is 4.87. The van der Waals surface area contributed by atoms with Gasteiger partial charge in [-0.05, 0) is 13.0 Å². The second-order valence-corrected chi connectivity index (χ2v) is 4.87. The molecule has 1 aliphatic heterocycles. The van der Waals surface area contributed by atoms with Gasteiger partial charge in [0.15, 0.2) is 0 Å². The third-order valence-electron chi connectivity index (χ3n) is 3.90. The Balaban J connectivity index is 2.52. The van der Waals surface area contributed by atoms with Crippen LogP contribution >= 0.6 is 0 Å². The first-order chi connectivity index (χ1) is 9.10. The molecule has 1 unspecified atom stereocenters. The standard InChI is InChI=1S/C14H21NO4/c1-9-11(17-2)5-4-10(13(9)18-3)14(7-19-8-14)12(16)6-15/h4-5,12,16H,6-8,15H2,1-3H3. The Morgan fingerprint density at radius 2 is 2.05 bits per heavy atom. The van der Waals surface area contributed by atoms with Gasteiger partial charge in [0, 0.05) is 17.7 Å². The molecule has 0 radical (unpaired) electrons. The van der Waals surface area contributed by atoms with Crippen molar-refractivity contribution < 1.29 is 19.3 Å². The van der Waals surface area contributed by atoms with Crippen molar-refractivity contribution in [2.24, 2.45) is 5.73 Å². The summed E-state index contributed by atoms with van der Waals surface area (Å²) in [6, 6.07) is 3.81. The molecule has 5 nitrogen and oxygen atoms in total. The molecule has 5 heteroatoms. The molecule has 0 aromatic heterocycles. The number of rotatable bonds is 5. The fourth-order valence-corrected chi connectivity index (χ4v) is 2.62. The quantitative estimate of drug-likeness (QED) is 0.817. The van der Waals surface area contributed by atoms with Crippen molar-refractivity contribution in [3.8, 4) is 11.5 Å². The molecule has 1 fully saturated rings. The first kappa shape index (κ1) is 14.1. The number of ether oxygens (including phenoxy) is 3. The van der Waals surface area contributed by atoms with Crippen molar-refractivity contribution in [2.45, 2.75) is 18.4 Å². The molecule has 0 spiro atoms. The topological polar surface area (TPSA) is 73.9 Å². The van der Waals surface area contributed by atoms with E-state index in [-0.39, 0.29) is 6.54 Å². The highest BCUT2D eigenvalue weighted by Gasteiger charge is 2.48. The van der Waals surface area contributed by atoms with Gasteiger partial charge in [0.1, 0.15) is 11.5 Å². The van der Waals surface area contributed by atoms with Crippen LogP contribution in [0.25, 0.3) is 0 Å². The van der Waals surface area contributed by atoms with E-state index in [9.17, 15) is 5.11 Å². The van der Waals surface area contributed by atoms with Crippen LogP contribution in [0.15, 0.2) is 12.1 Å². The number of methoxy groups -OCH3 is 2. The Labute approximate surface area is 113 Å². The summed E-state index contributed by atoms with van der Waals surface area (Å²) >= 11 is 0. The van der Waals surface area contributed by atoms with Gasteiger partial charge in [-0.3, -0.25) is 0 Å². The largest absolute Gasteiger partial charge is 0.496 e. The zero-order valence-electron chi connectivity index (χ0n) is 11.6. The average molecular weight is 267 g/mol. The maximum atomic E-state index is 10.2. The Kier molecular flexibility index (Phi) is 3.99. The molecule has 1 aromatic rings. The molecule has 1 atom stereocenters. The molecule has 1 aromatic carbocycles. The SMILES string of the molecule is COc1ccc(C2(C(O)CN)COC2)c(OC)c1C. The summed E-state index contributed by atoms with van der Waals surface area (Å²) in [6.07, 6.45) is -0.650. The van der Waals surface area contributed by atoms with E-state index in [1.807, 2.05) is 19.1 Å². The lowest BCUT2D eigenvalue weighted by Crippen LogP contribution is -2.57. The van der Waals surface area contributed by atoms with Crippen LogP contribution in [0, 0.1) is 6.92 Å². The minimum atomic E-state index is -0.650. The van der Waals surface area contributed by atoms with Crippen molar-refractivity contribution in [1.29, 1.82) is 0 Å². The molecule has 106 valence electrons. The lowest BCUT2D eigenvalue weighted by molar-refractivity contribution is -0.117. The van der Waals surface area contributed by atoms with Crippen molar-refractivity contribution in [2.75, 3.05) is 34.0 Å². The molecule has 1 saturated heterocycles. The third kappa shape index (κ3) is 2.08. The van der Waals surface area contributed by atoms with Gasteiger partial charge in [-0.15, -0.1) is 0 Å². The number of aliphatic hydroxyl groups is 1. The molecule has 2 rings (SSSR count). The summed E-state index contributed by atoms with van der Waals surface area (Å²) in [4.78, 5) is 0. The Morgan fingerprint density at radius 3 is 2.47 bits per heavy atom. The molecule has 3 N–H and O–H groups in total. The van der Waals surface area contributed by atoms with E-state index < -0.39 is 11.5 Å². The van der Waals surface area contributed by atoms with Crippen LogP contribution in [0.5, 0.6) is 11.5 Å². The van der Waals surface area contributed by atoms with Crippen LogP contribution < -0.4 is 15.2 Å². The summed E-state index contributed by atoms with van der Waals surface area (Å²) in [5.41, 5.74) is 6.99. The van der Waals surface area contributed by atoms with Gasteiger partial charge in [0.25, 0.3) is 0 Å². The van der Waals surface area contributed by atoms with Crippen molar-refractivity contribution in [3.63, 3.8) is 0 Å². The number of nitrogens with two attached hydrogens (primary N) is 1. The zero-order chi connectivity index (χ0) is 14.0. The normalized spacial score (nSPS) is 18.6. The second kappa shape index (κ2) is 5.36. The van der Waals surface area contributed by atoms with E-state index in [1.165, 1.54) is 0 Å². The highest BCUT2D eigenvalue weighted by molar-refractivity contribution is 5.53. The lowest BCUT2D eigenvalue weighted by atomic mass is 9.73. The predicted octanol–water partition coefficient (Wildman–Crippen LogP) is 0.600. The van der Waals surface area contributed by atoms with E-state index in [0.717, 1.165) is 22.6 Å². The molecular formula is C14H21NO4. The summed E-state index contributed by atoms with van der Waals surface area (Å²) in [5, 5.41) is 10.2. The molecule has 19 heavy (non-hydrogen) atoms. The maximum Gasteiger partial charge on any atom is 0.129 e. The van der Waals surface area contributed by atoms with Gasteiger partial charge < -0.3 is 25.1 Å². The van der Waals surface area contributed by atoms with Crippen LogP contribution in [-0.4, -0.2) is 45.2 Å². The smallest absolute Gasteiger partial charge is 0.129 e. The van der Waals surface area contributed by atoms with Crippen molar-refractivity contribution in [1.82, 2.24) is 0 Å². The van der Waals surface area contributed by atoms with Gasteiger partial charge in [-0.25, -0.2) is 0 Å². The van der Waals surface area contributed by atoms with Crippen LogP contribution in [0.2, 0.25) is 0 Å². The van der Waals surface area contributed by atoms with E-state index in [4.69, 9.17) is 19.9 Å². The monoisotopic (exact) mass is 267 g/mol. The van der Waals surface area contributed by atoms with E-state index in [2.05, 4.69) is 0 Å². The van der Waals surface area contributed by atoms with Crippen LogP contribution in [0.3, 0.4) is 0 Å². The third-order valence-corrected chi connectivity index (χ3v) is 3.90. The molecule has 0 saturated carbocycles. The Hall–Kier alpha value is -1.30. The van der Waals surface area contributed by atoms with Gasteiger partial charge in [-0.1, -0.05) is 6.07 Å². The number of hydrogen-bond acceptors (Lipinski definition) is 5. The Morgan fingerprint density at radius 1 is 1.37 bits per heavy atom. The van der Waals surface area contributed by atoms with Crippen LogP contribution in [0.4, 0.5) is 0 Å². The minimum Gasteiger partial charge on any atom is -0.496 e. The van der Waals surface area contributed by atoms with Crippen molar-refractivity contribution >= 4 is 0 Å². The fourth-order valence-electron chi connectivity index (χ4n) is 2.62. The Bertz CT molecular complexity index is 457. The van der Waals surface area contributed by atoms with Crippen LogP contribution in [-0.2, 0) is 10.2 Å². The fraction of sp³-hybridized carbons (Fsp3) is 0.571.